The monoisotopic (exact) mass is 313 g/mol. The highest BCUT2D eigenvalue weighted by molar-refractivity contribution is 5.33. The number of hydrogen-bond acceptors (Lipinski definition) is 3. The Kier molecular flexibility index (Phi) is 6.78. The Morgan fingerprint density at radius 2 is 1.57 bits per heavy atom. The van der Waals surface area contributed by atoms with Crippen LogP contribution in [-0.4, -0.2) is 30.5 Å². The van der Waals surface area contributed by atoms with E-state index < -0.39 is 6.10 Å². The first-order valence-corrected chi connectivity index (χ1v) is 8.21. The second-order valence-corrected chi connectivity index (χ2v) is 6.20. The Morgan fingerprint density at radius 3 is 2.17 bits per heavy atom. The van der Waals surface area contributed by atoms with Gasteiger partial charge in [-0.2, -0.15) is 0 Å². The van der Waals surface area contributed by atoms with Crippen molar-refractivity contribution in [2.45, 2.75) is 39.0 Å². The fourth-order valence-corrected chi connectivity index (χ4v) is 2.45. The molecule has 2 rings (SSSR count). The largest absolute Gasteiger partial charge is 0.389 e. The molecule has 124 valence electrons. The van der Waals surface area contributed by atoms with Gasteiger partial charge >= 0.3 is 0 Å². The fourth-order valence-electron chi connectivity index (χ4n) is 2.45. The van der Waals surface area contributed by atoms with E-state index in [1.165, 1.54) is 16.7 Å². The predicted molar refractivity (Wildman–Crippen MR) is 94.6 cm³/mol. The van der Waals surface area contributed by atoms with Crippen LogP contribution >= 0.6 is 0 Å². The molecule has 0 heterocycles. The first-order chi connectivity index (χ1) is 11.1. The molecule has 0 radical (unpaired) electrons. The summed E-state index contributed by atoms with van der Waals surface area (Å²) in [5.41, 5.74) is 3.62. The molecule has 0 aliphatic heterocycles. The third kappa shape index (κ3) is 5.79. The lowest BCUT2D eigenvalue weighted by molar-refractivity contribution is 0.00580. The summed E-state index contributed by atoms with van der Waals surface area (Å²) < 4.78 is 5.47. The van der Waals surface area contributed by atoms with Crippen LogP contribution in [0, 0.1) is 6.92 Å². The van der Waals surface area contributed by atoms with Crippen LogP contribution in [0.1, 0.15) is 36.6 Å². The molecule has 0 aliphatic rings. The molecular weight excluding hydrogens is 286 g/mol. The average molecular weight is 313 g/mol. The van der Waals surface area contributed by atoms with Crippen LogP contribution in [0.2, 0.25) is 0 Å². The maximum Gasteiger partial charge on any atom is 0.0898 e. The van der Waals surface area contributed by atoms with Gasteiger partial charge in [-0.25, -0.2) is 0 Å². The third-order valence-electron chi connectivity index (χ3n) is 3.72. The maximum absolute atomic E-state index is 10.1. The second kappa shape index (κ2) is 8.82. The zero-order chi connectivity index (χ0) is 16.7. The number of aliphatic hydroxyl groups is 1. The second-order valence-electron chi connectivity index (χ2n) is 6.20. The molecule has 0 aliphatic carbocycles. The minimum Gasteiger partial charge on any atom is -0.389 e. The van der Waals surface area contributed by atoms with E-state index in [1.807, 2.05) is 32.0 Å². The number of ether oxygens (including phenoxy) is 1. The van der Waals surface area contributed by atoms with Gasteiger partial charge in [0, 0.05) is 6.54 Å². The summed E-state index contributed by atoms with van der Waals surface area (Å²) in [5, 5.41) is 13.6. The van der Waals surface area contributed by atoms with Crippen molar-refractivity contribution in [2.75, 3.05) is 13.2 Å². The SMILES string of the molecule is Cc1ccc(C(NCC(O)COC(C)C)c2ccccc2)cc1. The summed E-state index contributed by atoms with van der Waals surface area (Å²) in [6.07, 6.45) is -0.388. The van der Waals surface area contributed by atoms with Crippen LogP contribution in [0.5, 0.6) is 0 Å². The van der Waals surface area contributed by atoms with Crippen molar-refractivity contribution in [1.29, 1.82) is 0 Å². The number of aryl methyl sites for hydroxylation is 1. The van der Waals surface area contributed by atoms with Crippen LogP contribution in [0.3, 0.4) is 0 Å². The lowest BCUT2D eigenvalue weighted by Crippen LogP contribution is -2.34. The van der Waals surface area contributed by atoms with Gasteiger partial charge in [0.2, 0.25) is 0 Å². The molecule has 0 aromatic heterocycles. The molecule has 2 aromatic rings. The van der Waals surface area contributed by atoms with Crippen LogP contribution in [0.15, 0.2) is 54.6 Å². The Hall–Kier alpha value is -1.68. The fraction of sp³-hybridized carbons (Fsp3) is 0.400. The van der Waals surface area contributed by atoms with E-state index in [1.54, 1.807) is 0 Å². The minimum absolute atomic E-state index is 0.0606. The lowest BCUT2D eigenvalue weighted by atomic mass is 9.97. The molecule has 0 spiro atoms. The summed E-state index contributed by atoms with van der Waals surface area (Å²) in [5.74, 6) is 0. The summed E-state index contributed by atoms with van der Waals surface area (Å²) in [4.78, 5) is 0. The molecule has 0 bridgehead atoms. The van der Waals surface area contributed by atoms with Gasteiger partial charge < -0.3 is 15.2 Å². The number of hydrogen-bond donors (Lipinski definition) is 2. The van der Waals surface area contributed by atoms with Crippen molar-refractivity contribution in [3.8, 4) is 0 Å². The van der Waals surface area contributed by atoms with E-state index in [4.69, 9.17) is 4.74 Å². The Morgan fingerprint density at radius 1 is 0.957 bits per heavy atom. The normalized spacial score (nSPS) is 14.0. The maximum atomic E-state index is 10.1. The third-order valence-corrected chi connectivity index (χ3v) is 3.72. The van der Waals surface area contributed by atoms with Crippen molar-refractivity contribution >= 4 is 0 Å². The zero-order valence-electron chi connectivity index (χ0n) is 14.2. The summed E-state index contributed by atoms with van der Waals surface area (Å²) in [6.45, 7) is 6.86. The van der Waals surface area contributed by atoms with Crippen molar-refractivity contribution in [1.82, 2.24) is 5.32 Å². The molecule has 2 atom stereocenters. The number of aliphatic hydroxyl groups excluding tert-OH is 1. The molecule has 0 fully saturated rings. The Bertz CT molecular complexity index is 566. The molecular formula is C20H27NO2. The van der Waals surface area contributed by atoms with Crippen molar-refractivity contribution in [3.63, 3.8) is 0 Å². The molecule has 0 saturated carbocycles. The van der Waals surface area contributed by atoms with Gasteiger partial charge in [0.05, 0.1) is 24.9 Å². The molecule has 2 N–H and O–H groups in total. The van der Waals surface area contributed by atoms with Crippen LogP contribution in [-0.2, 0) is 4.74 Å². The Labute approximate surface area is 139 Å². The topological polar surface area (TPSA) is 41.5 Å². The van der Waals surface area contributed by atoms with Gasteiger partial charge in [-0.1, -0.05) is 60.2 Å². The first kappa shape index (κ1) is 17.7. The predicted octanol–water partition coefficient (Wildman–Crippen LogP) is 3.46. The number of benzene rings is 2. The molecule has 3 heteroatoms. The first-order valence-electron chi connectivity index (χ1n) is 8.21. The van der Waals surface area contributed by atoms with Gasteiger partial charge in [0.25, 0.3) is 0 Å². The molecule has 2 aromatic carbocycles. The van der Waals surface area contributed by atoms with Crippen molar-refractivity contribution in [2.24, 2.45) is 0 Å². The molecule has 0 saturated heterocycles. The smallest absolute Gasteiger partial charge is 0.0898 e. The highest BCUT2D eigenvalue weighted by Crippen LogP contribution is 2.22. The van der Waals surface area contributed by atoms with Gasteiger partial charge in [0.15, 0.2) is 0 Å². The van der Waals surface area contributed by atoms with E-state index in [0.29, 0.717) is 13.2 Å². The van der Waals surface area contributed by atoms with Gasteiger partial charge in [-0.05, 0) is 31.9 Å². The van der Waals surface area contributed by atoms with Crippen LogP contribution in [0.4, 0.5) is 0 Å². The van der Waals surface area contributed by atoms with Gasteiger partial charge in [0.1, 0.15) is 0 Å². The van der Waals surface area contributed by atoms with Gasteiger partial charge in [-0.15, -0.1) is 0 Å². The average Bonchev–Trinajstić information content (AvgIpc) is 2.55. The molecule has 2 unspecified atom stereocenters. The van der Waals surface area contributed by atoms with Crippen molar-refractivity contribution in [3.05, 3.63) is 71.3 Å². The molecule has 3 nitrogen and oxygen atoms in total. The summed E-state index contributed by atoms with van der Waals surface area (Å²) in [7, 11) is 0. The quantitative estimate of drug-likeness (QED) is 0.784. The minimum atomic E-state index is -0.519. The van der Waals surface area contributed by atoms with Crippen LogP contribution < -0.4 is 5.32 Å². The van der Waals surface area contributed by atoms with E-state index >= 15 is 0 Å². The number of nitrogens with one attached hydrogen (secondary N) is 1. The van der Waals surface area contributed by atoms with E-state index in [2.05, 4.69) is 48.6 Å². The van der Waals surface area contributed by atoms with E-state index in [0.717, 1.165) is 0 Å². The van der Waals surface area contributed by atoms with Gasteiger partial charge in [-0.3, -0.25) is 0 Å². The zero-order valence-corrected chi connectivity index (χ0v) is 14.2. The standard InChI is InChI=1S/C20H27NO2/c1-15(2)23-14-19(22)13-21-20(17-7-5-4-6-8-17)18-11-9-16(3)10-12-18/h4-12,15,19-22H,13-14H2,1-3H3. The summed E-state index contributed by atoms with van der Waals surface area (Å²) in [6, 6.07) is 18.9. The van der Waals surface area contributed by atoms with Crippen LogP contribution in [0.25, 0.3) is 0 Å². The number of rotatable bonds is 8. The molecule has 23 heavy (non-hydrogen) atoms. The highest BCUT2D eigenvalue weighted by Gasteiger charge is 2.15. The van der Waals surface area contributed by atoms with E-state index in [-0.39, 0.29) is 12.1 Å². The molecule has 0 amide bonds. The van der Waals surface area contributed by atoms with E-state index in [9.17, 15) is 5.11 Å². The Balaban J connectivity index is 2.07. The highest BCUT2D eigenvalue weighted by atomic mass is 16.5. The lowest BCUT2D eigenvalue weighted by Gasteiger charge is -2.22. The summed E-state index contributed by atoms with van der Waals surface area (Å²) >= 11 is 0. The van der Waals surface area contributed by atoms with Crippen molar-refractivity contribution < 1.29 is 9.84 Å².